The molecule has 1 aromatic heterocycles. The normalized spacial score (nSPS) is 17.1. The Morgan fingerprint density at radius 1 is 1.35 bits per heavy atom. The standard InChI is InChI=1S/C22H21F4N7O4/c1-30(10-17(24)25)20(34)16-9-33-19(21(35)31(2)37-16)12-8-32(6-5-14(12)29-33)22(36)28-15-4-3-13(23)11(7-27)18(15)26/h3-4,16-17H,5-6,8-10H2,1-2H3,(H,28,36). The molecule has 11 nitrogen and oxygen atoms in total. The Morgan fingerprint density at radius 2 is 2.08 bits per heavy atom. The van der Waals surface area contributed by atoms with E-state index in [2.05, 4.69) is 10.4 Å². The molecule has 4 amide bonds. The first kappa shape index (κ1) is 25.9. The number of rotatable bonds is 4. The van der Waals surface area contributed by atoms with Gasteiger partial charge in [-0.2, -0.15) is 10.4 Å². The molecule has 0 spiro atoms. The third-order valence-electron chi connectivity index (χ3n) is 6.01. The lowest BCUT2D eigenvalue weighted by molar-refractivity contribution is -0.177. The fraction of sp³-hybridized carbons (Fsp3) is 0.409. The number of benzene rings is 1. The van der Waals surface area contributed by atoms with Gasteiger partial charge in [-0.3, -0.25) is 19.1 Å². The van der Waals surface area contributed by atoms with Crippen molar-refractivity contribution in [3.63, 3.8) is 0 Å². The van der Waals surface area contributed by atoms with Crippen LogP contribution in [0.15, 0.2) is 12.1 Å². The van der Waals surface area contributed by atoms with E-state index in [4.69, 9.17) is 10.1 Å². The first-order chi connectivity index (χ1) is 17.5. The SMILES string of the molecule is CN(CC(F)F)C(=O)C1Cn2nc3c(c2C(=O)N(C)O1)CN(C(=O)Nc1ccc(F)c(C#N)c1F)CC3. The van der Waals surface area contributed by atoms with Crippen LogP contribution in [0.3, 0.4) is 0 Å². The Balaban J connectivity index is 1.56. The van der Waals surface area contributed by atoms with Crippen molar-refractivity contribution in [2.75, 3.05) is 32.5 Å². The molecule has 1 aromatic carbocycles. The first-order valence-corrected chi connectivity index (χ1v) is 11.0. The number of alkyl halides is 2. The van der Waals surface area contributed by atoms with Crippen molar-refractivity contribution in [2.45, 2.75) is 32.0 Å². The molecular formula is C22H21F4N7O4. The van der Waals surface area contributed by atoms with Crippen molar-refractivity contribution in [3.05, 3.63) is 46.3 Å². The zero-order chi connectivity index (χ0) is 27.0. The molecule has 3 heterocycles. The van der Waals surface area contributed by atoms with E-state index in [0.717, 1.165) is 22.1 Å². The van der Waals surface area contributed by atoms with Gasteiger partial charge in [0, 0.05) is 32.6 Å². The number of hydrogen-bond acceptors (Lipinski definition) is 6. The maximum Gasteiger partial charge on any atom is 0.322 e. The third-order valence-corrected chi connectivity index (χ3v) is 6.01. The average Bonchev–Trinajstić information content (AvgIpc) is 3.15. The summed E-state index contributed by atoms with van der Waals surface area (Å²) in [6.45, 7) is -1.00. The number of hydrogen-bond donors (Lipinski definition) is 1. The lowest BCUT2D eigenvalue weighted by Crippen LogP contribution is -2.44. The van der Waals surface area contributed by atoms with Gasteiger partial charge in [0.2, 0.25) is 0 Å². The second-order valence-corrected chi connectivity index (χ2v) is 8.46. The molecule has 196 valence electrons. The van der Waals surface area contributed by atoms with E-state index in [-0.39, 0.29) is 37.4 Å². The summed E-state index contributed by atoms with van der Waals surface area (Å²) in [7, 11) is 2.46. The zero-order valence-electron chi connectivity index (χ0n) is 19.7. The number of halogens is 4. The lowest BCUT2D eigenvalue weighted by atomic mass is 10.0. The maximum atomic E-state index is 14.4. The molecule has 0 bridgehead atoms. The van der Waals surface area contributed by atoms with E-state index in [9.17, 15) is 31.9 Å². The molecule has 2 aliphatic heterocycles. The second kappa shape index (κ2) is 10.1. The largest absolute Gasteiger partial charge is 0.338 e. The van der Waals surface area contributed by atoms with Crippen LogP contribution in [0.4, 0.5) is 28.0 Å². The van der Waals surface area contributed by atoms with E-state index in [1.54, 1.807) is 0 Å². The minimum atomic E-state index is -2.75. The average molecular weight is 523 g/mol. The number of anilines is 1. The van der Waals surface area contributed by atoms with Gasteiger partial charge in [0.1, 0.15) is 23.1 Å². The number of urea groups is 1. The Labute approximate surface area is 207 Å². The van der Waals surface area contributed by atoms with Crippen molar-refractivity contribution < 1.29 is 36.8 Å². The van der Waals surface area contributed by atoms with Crippen LogP contribution in [-0.2, 0) is 29.1 Å². The van der Waals surface area contributed by atoms with Crippen LogP contribution < -0.4 is 5.32 Å². The molecule has 4 rings (SSSR count). The Morgan fingerprint density at radius 3 is 2.76 bits per heavy atom. The van der Waals surface area contributed by atoms with Crippen LogP contribution in [0, 0.1) is 23.0 Å². The van der Waals surface area contributed by atoms with Crippen LogP contribution in [0.2, 0.25) is 0 Å². The number of fused-ring (bicyclic) bond motifs is 3. The number of nitrogens with one attached hydrogen (secondary N) is 1. The van der Waals surface area contributed by atoms with Gasteiger partial charge in [-0.25, -0.2) is 27.4 Å². The molecule has 0 saturated carbocycles. The molecule has 1 atom stereocenters. The predicted molar refractivity (Wildman–Crippen MR) is 117 cm³/mol. The molecule has 2 aliphatic rings. The molecule has 1 N–H and O–H groups in total. The molecule has 0 radical (unpaired) electrons. The summed E-state index contributed by atoms with van der Waals surface area (Å²) in [6, 6.07) is 2.49. The Hall–Kier alpha value is -4.19. The van der Waals surface area contributed by atoms with E-state index < -0.39 is 54.1 Å². The summed E-state index contributed by atoms with van der Waals surface area (Å²) >= 11 is 0. The number of carbonyl (C=O) groups excluding carboxylic acids is 3. The number of carbonyl (C=O) groups is 3. The highest BCUT2D eigenvalue weighted by Crippen LogP contribution is 2.28. The third kappa shape index (κ3) is 4.92. The van der Waals surface area contributed by atoms with Gasteiger partial charge in [-0.1, -0.05) is 0 Å². The van der Waals surface area contributed by atoms with Gasteiger partial charge in [-0.15, -0.1) is 0 Å². The molecule has 2 aromatic rings. The quantitative estimate of drug-likeness (QED) is 0.609. The van der Waals surface area contributed by atoms with Crippen LogP contribution in [0.25, 0.3) is 0 Å². The Kier molecular flexibility index (Phi) is 7.03. The second-order valence-electron chi connectivity index (χ2n) is 8.46. The van der Waals surface area contributed by atoms with Crippen molar-refractivity contribution in [1.29, 1.82) is 5.26 Å². The fourth-order valence-corrected chi connectivity index (χ4v) is 4.16. The highest BCUT2D eigenvalue weighted by Gasteiger charge is 2.38. The molecule has 15 heteroatoms. The smallest absolute Gasteiger partial charge is 0.322 e. The van der Waals surface area contributed by atoms with Gasteiger partial charge >= 0.3 is 6.03 Å². The van der Waals surface area contributed by atoms with E-state index in [1.807, 2.05) is 0 Å². The minimum absolute atomic E-state index is 0.0570. The van der Waals surface area contributed by atoms with E-state index >= 15 is 0 Å². The van der Waals surface area contributed by atoms with Gasteiger partial charge in [0.15, 0.2) is 11.9 Å². The number of hydroxylamine groups is 2. The summed E-state index contributed by atoms with van der Waals surface area (Å²) in [6.07, 6.45) is -3.83. The van der Waals surface area contributed by atoms with E-state index in [0.29, 0.717) is 11.3 Å². The number of aromatic nitrogens is 2. The molecule has 0 fully saturated rings. The topological polar surface area (TPSA) is 124 Å². The van der Waals surface area contributed by atoms with Crippen LogP contribution in [0.5, 0.6) is 0 Å². The van der Waals surface area contributed by atoms with Crippen molar-refractivity contribution >= 4 is 23.5 Å². The highest BCUT2D eigenvalue weighted by atomic mass is 19.3. The predicted octanol–water partition coefficient (Wildman–Crippen LogP) is 1.73. The summed E-state index contributed by atoms with van der Waals surface area (Å²) in [5.41, 5.74) is -0.289. The van der Waals surface area contributed by atoms with Crippen LogP contribution in [-0.4, -0.2) is 82.2 Å². The maximum absolute atomic E-state index is 14.4. The number of nitriles is 1. The Bertz CT molecular complexity index is 1310. The van der Waals surface area contributed by atoms with Crippen LogP contribution in [0.1, 0.15) is 27.3 Å². The molecule has 0 saturated heterocycles. The summed E-state index contributed by atoms with van der Waals surface area (Å²) in [5.74, 6) is -3.70. The van der Waals surface area contributed by atoms with Crippen molar-refractivity contribution in [2.24, 2.45) is 0 Å². The lowest BCUT2D eigenvalue weighted by Gasteiger charge is -2.27. The van der Waals surface area contributed by atoms with Crippen molar-refractivity contribution in [1.82, 2.24) is 24.6 Å². The highest BCUT2D eigenvalue weighted by molar-refractivity contribution is 5.95. The minimum Gasteiger partial charge on any atom is -0.338 e. The molecule has 1 unspecified atom stereocenters. The van der Waals surface area contributed by atoms with Gasteiger partial charge in [-0.05, 0) is 12.1 Å². The first-order valence-electron chi connectivity index (χ1n) is 11.0. The summed E-state index contributed by atoms with van der Waals surface area (Å²) in [4.78, 5) is 46.0. The number of likely N-dealkylation sites (N-methyl/N-ethyl adjacent to an activating group) is 1. The zero-order valence-corrected chi connectivity index (χ0v) is 19.7. The number of nitrogens with zero attached hydrogens (tertiary/aromatic N) is 6. The van der Waals surface area contributed by atoms with Gasteiger partial charge in [0.25, 0.3) is 18.2 Å². The summed E-state index contributed by atoms with van der Waals surface area (Å²) < 4.78 is 54.7. The monoisotopic (exact) mass is 523 g/mol. The fourth-order valence-electron chi connectivity index (χ4n) is 4.16. The van der Waals surface area contributed by atoms with Gasteiger partial charge < -0.3 is 15.1 Å². The number of amides is 4. The summed E-state index contributed by atoms with van der Waals surface area (Å²) in [5, 5.41) is 16.4. The van der Waals surface area contributed by atoms with E-state index in [1.165, 1.54) is 29.7 Å². The van der Waals surface area contributed by atoms with Crippen molar-refractivity contribution in [3.8, 4) is 6.07 Å². The van der Waals surface area contributed by atoms with Crippen LogP contribution >= 0.6 is 0 Å². The molecule has 0 aliphatic carbocycles. The molecular weight excluding hydrogens is 502 g/mol. The molecule has 37 heavy (non-hydrogen) atoms. The van der Waals surface area contributed by atoms with Gasteiger partial charge in [0.05, 0.1) is 31.0 Å².